The molecule has 6 nitrogen and oxygen atoms in total. The molecule has 120 valence electrons. The van der Waals surface area contributed by atoms with Crippen LogP contribution in [0.15, 0.2) is 18.2 Å². The van der Waals surface area contributed by atoms with E-state index in [0.29, 0.717) is 50.8 Å². The molecule has 2 aliphatic heterocycles. The molecule has 0 spiro atoms. The Kier molecular flexibility index (Phi) is 4.70. The first-order chi connectivity index (χ1) is 10.7. The van der Waals surface area contributed by atoms with E-state index in [-0.39, 0.29) is 11.9 Å². The Morgan fingerprint density at radius 2 is 2.14 bits per heavy atom. The lowest BCUT2D eigenvalue weighted by atomic mass is 10.2. The van der Waals surface area contributed by atoms with Crippen LogP contribution in [0, 0.1) is 5.82 Å². The number of hydrogen-bond acceptors (Lipinski definition) is 6. The fraction of sp³-hybridized carbons (Fsp3) is 0.500. The minimum atomic E-state index is -0.466. The molecule has 1 aromatic rings. The van der Waals surface area contributed by atoms with Crippen molar-refractivity contribution in [1.29, 1.82) is 0 Å². The minimum absolute atomic E-state index is 0.285. The molecule has 8 heteroatoms. The number of hydrogen-bond donors (Lipinski definition) is 2. The first-order valence-electron chi connectivity index (χ1n) is 7.16. The van der Waals surface area contributed by atoms with Gasteiger partial charge in [-0.25, -0.2) is 9.18 Å². The molecule has 1 amide bonds. The Labute approximate surface area is 133 Å². The second-order valence-electron chi connectivity index (χ2n) is 5.21. The molecule has 0 bridgehead atoms. The first kappa shape index (κ1) is 15.4. The quantitative estimate of drug-likeness (QED) is 0.819. The number of halogens is 1. The molecule has 0 unspecified atom stereocenters. The summed E-state index contributed by atoms with van der Waals surface area (Å²) in [6.45, 7) is 3.34. The normalized spacial score (nSPS) is 22.1. The Morgan fingerprint density at radius 1 is 1.36 bits per heavy atom. The van der Waals surface area contributed by atoms with E-state index < -0.39 is 6.09 Å². The van der Waals surface area contributed by atoms with Crippen LogP contribution in [0.2, 0.25) is 0 Å². The topological polar surface area (TPSA) is 54.0 Å². The molecule has 22 heavy (non-hydrogen) atoms. The lowest BCUT2D eigenvalue weighted by Crippen LogP contribution is -2.36. The average Bonchev–Trinajstić information content (AvgIpc) is 2.89. The van der Waals surface area contributed by atoms with Crippen molar-refractivity contribution >= 4 is 30.3 Å². The van der Waals surface area contributed by atoms with Crippen LogP contribution in [0.5, 0.6) is 0 Å². The zero-order valence-corrected chi connectivity index (χ0v) is 12.9. The number of cyclic esters (lactones) is 1. The summed E-state index contributed by atoms with van der Waals surface area (Å²) in [6, 6.07) is 4.82. The van der Waals surface area contributed by atoms with E-state index in [1.165, 1.54) is 11.0 Å². The molecular weight excluding hydrogens is 309 g/mol. The van der Waals surface area contributed by atoms with Crippen LogP contribution < -0.4 is 14.5 Å². The summed E-state index contributed by atoms with van der Waals surface area (Å²) >= 11 is 3.90. The van der Waals surface area contributed by atoms with Gasteiger partial charge in [-0.15, -0.1) is 0 Å². The number of anilines is 2. The Balaban J connectivity index is 1.75. The van der Waals surface area contributed by atoms with Crippen LogP contribution in [0.4, 0.5) is 20.6 Å². The molecule has 0 saturated carbocycles. The summed E-state index contributed by atoms with van der Waals surface area (Å²) in [5, 5.41) is 0. The maximum Gasteiger partial charge on any atom is 0.414 e. The number of nitrogens with one attached hydrogen (secondary N) is 1. The number of rotatable bonds is 4. The van der Waals surface area contributed by atoms with Crippen molar-refractivity contribution in [3.8, 4) is 0 Å². The van der Waals surface area contributed by atoms with Crippen LogP contribution in [0.3, 0.4) is 0 Å². The third-order valence-electron chi connectivity index (χ3n) is 3.79. The summed E-state index contributed by atoms with van der Waals surface area (Å²) < 4.78 is 27.5. The van der Waals surface area contributed by atoms with Gasteiger partial charge in [-0.3, -0.25) is 9.62 Å². The second kappa shape index (κ2) is 6.72. The van der Waals surface area contributed by atoms with Crippen molar-refractivity contribution in [2.45, 2.75) is 6.10 Å². The van der Waals surface area contributed by atoms with Gasteiger partial charge in [0.1, 0.15) is 11.9 Å². The smallest absolute Gasteiger partial charge is 0.414 e. The predicted molar refractivity (Wildman–Crippen MR) is 84.0 cm³/mol. The van der Waals surface area contributed by atoms with Crippen LogP contribution in [-0.4, -0.2) is 51.6 Å². The molecule has 0 aromatic heterocycles. The highest BCUT2D eigenvalue weighted by atomic mass is 32.1. The largest absolute Gasteiger partial charge is 0.443 e. The fourth-order valence-electron chi connectivity index (χ4n) is 2.66. The van der Waals surface area contributed by atoms with Gasteiger partial charge in [0.15, 0.2) is 0 Å². The highest BCUT2D eigenvalue weighted by Crippen LogP contribution is 2.28. The highest BCUT2D eigenvalue weighted by Gasteiger charge is 2.32. The van der Waals surface area contributed by atoms with Crippen LogP contribution in [0.25, 0.3) is 0 Å². The van der Waals surface area contributed by atoms with Gasteiger partial charge in [-0.1, -0.05) is 12.8 Å². The maximum absolute atomic E-state index is 14.4. The molecule has 2 heterocycles. The standard InChI is InChI=1S/C14H18FN3O3S/c15-12-7-10(18-9-11(8-16-22)21-14(18)19)1-2-13(12)17-3-5-20-6-4-17/h1-2,7,11,16,22H,3-6,8-9H2/t11-/m1/s1. The summed E-state index contributed by atoms with van der Waals surface area (Å²) in [4.78, 5) is 15.2. The van der Waals surface area contributed by atoms with Gasteiger partial charge >= 0.3 is 6.09 Å². The van der Waals surface area contributed by atoms with Gasteiger partial charge in [0.25, 0.3) is 0 Å². The van der Waals surface area contributed by atoms with E-state index >= 15 is 0 Å². The molecule has 0 aliphatic carbocycles. The van der Waals surface area contributed by atoms with E-state index in [4.69, 9.17) is 9.47 Å². The SMILES string of the molecule is O=C1O[C@H](CNS)CN1c1ccc(N2CCOCC2)c(F)c1. The van der Waals surface area contributed by atoms with Crippen molar-refractivity contribution in [1.82, 2.24) is 4.72 Å². The third kappa shape index (κ3) is 3.13. The van der Waals surface area contributed by atoms with Crippen molar-refractivity contribution in [3.05, 3.63) is 24.0 Å². The van der Waals surface area contributed by atoms with E-state index in [1.54, 1.807) is 12.1 Å². The number of thiol groups is 1. The van der Waals surface area contributed by atoms with Gasteiger partial charge in [-0.2, -0.15) is 0 Å². The molecule has 0 radical (unpaired) electrons. The zero-order valence-electron chi connectivity index (χ0n) is 12.0. The predicted octanol–water partition coefficient (Wildman–Crippen LogP) is 1.42. The Morgan fingerprint density at radius 3 is 2.82 bits per heavy atom. The van der Waals surface area contributed by atoms with E-state index in [9.17, 15) is 9.18 Å². The summed E-state index contributed by atoms with van der Waals surface area (Å²) in [6.07, 6.45) is -0.751. The van der Waals surface area contributed by atoms with Crippen molar-refractivity contribution in [2.75, 3.05) is 49.2 Å². The van der Waals surface area contributed by atoms with Crippen LogP contribution in [0.1, 0.15) is 0 Å². The number of ether oxygens (including phenoxy) is 2. The molecular formula is C14H18FN3O3S. The number of morpholine rings is 1. The average molecular weight is 327 g/mol. The third-order valence-corrected chi connectivity index (χ3v) is 3.97. The van der Waals surface area contributed by atoms with Crippen LogP contribution in [-0.2, 0) is 9.47 Å². The lowest BCUT2D eigenvalue weighted by Gasteiger charge is -2.29. The van der Waals surface area contributed by atoms with Gasteiger partial charge in [-0.05, 0) is 18.2 Å². The van der Waals surface area contributed by atoms with Gasteiger partial charge in [0.2, 0.25) is 0 Å². The van der Waals surface area contributed by atoms with E-state index in [2.05, 4.69) is 17.5 Å². The molecule has 1 N–H and O–H groups in total. The van der Waals surface area contributed by atoms with E-state index in [1.807, 2.05) is 4.90 Å². The molecule has 2 saturated heterocycles. The van der Waals surface area contributed by atoms with Gasteiger partial charge in [0.05, 0.1) is 31.1 Å². The van der Waals surface area contributed by atoms with Gasteiger partial charge < -0.3 is 14.4 Å². The summed E-state index contributed by atoms with van der Waals surface area (Å²) in [5.41, 5.74) is 1.04. The summed E-state index contributed by atoms with van der Waals surface area (Å²) in [5.74, 6) is -0.344. The maximum atomic E-state index is 14.4. The molecule has 2 fully saturated rings. The number of amides is 1. The van der Waals surface area contributed by atoms with Gasteiger partial charge in [0, 0.05) is 19.6 Å². The minimum Gasteiger partial charge on any atom is -0.443 e. The van der Waals surface area contributed by atoms with Crippen LogP contribution >= 0.6 is 12.8 Å². The van der Waals surface area contributed by atoms with Crippen molar-refractivity contribution in [2.24, 2.45) is 0 Å². The first-order valence-corrected chi connectivity index (χ1v) is 7.61. The fourth-order valence-corrected chi connectivity index (χ4v) is 2.87. The van der Waals surface area contributed by atoms with Crippen molar-refractivity contribution < 1.29 is 18.7 Å². The summed E-state index contributed by atoms with van der Waals surface area (Å²) in [7, 11) is 0. The zero-order chi connectivity index (χ0) is 15.5. The number of nitrogens with zero attached hydrogens (tertiary/aromatic N) is 2. The number of carbonyl (C=O) groups excluding carboxylic acids is 1. The molecule has 3 rings (SSSR count). The molecule has 1 aromatic carbocycles. The number of carbonyl (C=O) groups is 1. The monoisotopic (exact) mass is 327 g/mol. The Hall–Kier alpha value is -1.51. The second-order valence-corrected chi connectivity index (χ2v) is 5.53. The Bertz CT molecular complexity index is 554. The molecule has 1 atom stereocenters. The van der Waals surface area contributed by atoms with Crippen molar-refractivity contribution in [3.63, 3.8) is 0 Å². The lowest BCUT2D eigenvalue weighted by molar-refractivity contribution is 0.122. The molecule has 2 aliphatic rings. The highest BCUT2D eigenvalue weighted by molar-refractivity contribution is 7.78. The number of benzene rings is 1. The van der Waals surface area contributed by atoms with E-state index in [0.717, 1.165) is 0 Å².